The number of fused-ring (bicyclic) bond motifs is 1. The number of sulfone groups is 1. The van der Waals surface area contributed by atoms with Gasteiger partial charge >= 0.3 is 0 Å². The zero-order valence-electron chi connectivity index (χ0n) is 15.6. The molecule has 4 rings (SSSR count). The van der Waals surface area contributed by atoms with E-state index in [1.807, 2.05) is 0 Å². The first-order valence-corrected chi connectivity index (χ1v) is 11.9. The van der Waals surface area contributed by atoms with Crippen LogP contribution in [0.3, 0.4) is 0 Å². The number of ether oxygens (including phenoxy) is 2. The number of nitrogens with one attached hydrogen (secondary N) is 1. The molecule has 0 spiro atoms. The van der Waals surface area contributed by atoms with Gasteiger partial charge < -0.3 is 24.8 Å². The second-order valence-electron chi connectivity index (χ2n) is 8.29. The molecule has 0 aromatic heterocycles. The SMILES string of the molecule is O=C(CC1CC2OC(CNC3CCCC3)C(O)C2O1)N1CCS(=O)(=O)CC1. The summed E-state index contributed by atoms with van der Waals surface area (Å²) in [5.74, 6) is -0.0103. The molecule has 5 unspecified atom stereocenters. The van der Waals surface area contributed by atoms with Gasteiger partial charge in [-0.05, 0) is 12.8 Å². The van der Waals surface area contributed by atoms with Crippen molar-refractivity contribution >= 4 is 15.7 Å². The lowest BCUT2D eigenvalue weighted by molar-refractivity contribution is -0.134. The molecule has 154 valence electrons. The highest BCUT2D eigenvalue weighted by Crippen LogP contribution is 2.35. The molecule has 1 amide bonds. The van der Waals surface area contributed by atoms with Crippen LogP contribution in [0.2, 0.25) is 0 Å². The van der Waals surface area contributed by atoms with Crippen LogP contribution >= 0.6 is 0 Å². The Balaban J connectivity index is 1.22. The molecular weight excluding hydrogens is 372 g/mol. The van der Waals surface area contributed by atoms with Gasteiger partial charge in [0.15, 0.2) is 9.84 Å². The van der Waals surface area contributed by atoms with Crippen molar-refractivity contribution in [3.63, 3.8) is 0 Å². The van der Waals surface area contributed by atoms with Crippen molar-refractivity contribution in [3.8, 4) is 0 Å². The Kier molecular flexibility index (Phi) is 5.76. The van der Waals surface area contributed by atoms with E-state index in [0.717, 1.165) is 0 Å². The molecule has 8 nitrogen and oxygen atoms in total. The molecule has 2 N–H and O–H groups in total. The van der Waals surface area contributed by atoms with Gasteiger partial charge in [-0.1, -0.05) is 12.8 Å². The van der Waals surface area contributed by atoms with E-state index in [-0.39, 0.29) is 61.3 Å². The number of hydrogen-bond acceptors (Lipinski definition) is 7. The smallest absolute Gasteiger partial charge is 0.225 e. The van der Waals surface area contributed by atoms with E-state index in [2.05, 4.69) is 5.32 Å². The summed E-state index contributed by atoms with van der Waals surface area (Å²) in [4.78, 5) is 14.0. The molecule has 3 aliphatic heterocycles. The number of aliphatic hydroxyl groups excluding tert-OH is 1. The van der Waals surface area contributed by atoms with Gasteiger partial charge in [-0.25, -0.2) is 8.42 Å². The normalized spacial score (nSPS) is 39.0. The predicted octanol–water partition coefficient (Wildman–Crippen LogP) is -0.548. The fraction of sp³-hybridized carbons (Fsp3) is 0.944. The van der Waals surface area contributed by atoms with Crippen LogP contribution in [0, 0.1) is 0 Å². The van der Waals surface area contributed by atoms with Crippen LogP contribution in [0.1, 0.15) is 38.5 Å². The maximum Gasteiger partial charge on any atom is 0.225 e. The summed E-state index contributed by atoms with van der Waals surface area (Å²) in [6.07, 6.45) is 3.96. The quantitative estimate of drug-likeness (QED) is 0.636. The molecule has 1 saturated carbocycles. The van der Waals surface area contributed by atoms with Gasteiger partial charge in [-0.15, -0.1) is 0 Å². The first kappa shape index (κ1) is 19.6. The molecule has 27 heavy (non-hydrogen) atoms. The molecule has 3 heterocycles. The Morgan fingerprint density at radius 2 is 1.85 bits per heavy atom. The van der Waals surface area contributed by atoms with E-state index in [1.54, 1.807) is 4.90 Å². The minimum atomic E-state index is -3.00. The molecule has 0 aromatic carbocycles. The third kappa shape index (κ3) is 4.48. The summed E-state index contributed by atoms with van der Waals surface area (Å²) >= 11 is 0. The second-order valence-corrected chi connectivity index (χ2v) is 10.6. The van der Waals surface area contributed by atoms with Gasteiger partial charge in [0.25, 0.3) is 0 Å². The van der Waals surface area contributed by atoms with E-state index < -0.39 is 15.9 Å². The van der Waals surface area contributed by atoms with Crippen molar-refractivity contribution in [2.75, 3.05) is 31.1 Å². The van der Waals surface area contributed by atoms with E-state index in [0.29, 0.717) is 19.0 Å². The van der Waals surface area contributed by atoms with Gasteiger partial charge in [-0.3, -0.25) is 4.79 Å². The van der Waals surface area contributed by atoms with E-state index in [9.17, 15) is 18.3 Å². The summed E-state index contributed by atoms with van der Waals surface area (Å²) in [7, 11) is -3.00. The van der Waals surface area contributed by atoms with E-state index in [1.165, 1.54) is 25.7 Å². The van der Waals surface area contributed by atoms with E-state index in [4.69, 9.17) is 9.47 Å². The van der Waals surface area contributed by atoms with Crippen molar-refractivity contribution in [2.45, 2.75) is 75.1 Å². The van der Waals surface area contributed by atoms with Gasteiger partial charge in [0.2, 0.25) is 5.91 Å². The Morgan fingerprint density at radius 3 is 2.52 bits per heavy atom. The van der Waals surface area contributed by atoms with Crippen LogP contribution in [0.5, 0.6) is 0 Å². The highest BCUT2D eigenvalue weighted by Gasteiger charge is 2.50. The van der Waals surface area contributed by atoms with Gasteiger partial charge in [0.1, 0.15) is 12.2 Å². The zero-order valence-corrected chi connectivity index (χ0v) is 16.4. The van der Waals surface area contributed by atoms with Crippen LogP contribution in [0.25, 0.3) is 0 Å². The number of aliphatic hydroxyl groups is 1. The Bertz CT molecular complexity index is 636. The first-order valence-electron chi connectivity index (χ1n) is 10.1. The summed E-state index contributed by atoms with van der Waals surface area (Å²) in [6, 6.07) is 0.529. The highest BCUT2D eigenvalue weighted by molar-refractivity contribution is 7.91. The average molecular weight is 403 g/mol. The van der Waals surface area contributed by atoms with Crippen LogP contribution in [0.4, 0.5) is 0 Å². The van der Waals surface area contributed by atoms with Crippen LogP contribution in [0.15, 0.2) is 0 Å². The number of amides is 1. The Hall–Kier alpha value is -0.740. The summed E-state index contributed by atoms with van der Waals surface area (Å²) in [5, 5.41) is 14.0. The van der Waals surface area contributed by atoms with Crippen molar-refractivity contribution in [1.82, 2.24) is 10.2 Å². The van der Waals surface area contributed by atoms with Gasteiger partial charge in [0, 0.05) is 32.1 Å². The standard InChI is InChI=1S/C18H30N2O6S/c21-16(20-5-7-27(23,24)8-6-20)10-13-9-14-18(25-13)17(22)15(26-14)11-19-12-3-1-2-4-12/h12-15,17-19,22H,1-11H2. The lowest BCUT2D eigenvalue weighted by atomic mass is 10.1. The predicted molar refractivity (Wildman–Crippen MR) is 98.1 cm³/mol. The Morgan fingerprint density at radius 1 is 1.15 bits per heavy atom. The number of carbonyl (C=O) groups excluding carboxylic acids is 1. The van der Waals surface area contributed by atoms with Crippen LogP contribution < -0.4 is 5.32 Å². The molecule has 4 aliphatic rings. The highest BCUT2D eigenvalue weighted by atomic mass is 32.2. The lowest BCUT2D eigenvalue weighted by Crippen LogP contribution is -2.45. The second kappa shape index (κ2) is 7.94. The molecule has 0 aromatic rings. The zero-order chi connectivity index (χ0) is 19.0. The third-order valence-electron chi connectivity index (χ3n) is 6.34. The lowest BCUT2D eigenvalue weighted by Gasteiger charge is -2.28. The average Bonchev–Trinajstić information content (AvgIpc) is 3.32. The number of nitrogens with zero attached hydrogens (tertiary/aromatic N) is 1. The third-order valence-corrected chi connectivity index (χ3v) is 7.95. The molecule has 4 fully saturated rings. The molecule has 0 radical (unpaired) electrons. The van der Waals surface area contributed by atoms with Crippen molar-refractivity contribution < 1.29 is 27.8 Å². The van der Waals surface area contributed by atoms with Crippen molar-refractivity contribution in [3.05, 3.63) is 0 Å². The largest absolute Gasteiger partial charge is 0.388 e. The number of carbonyl (C=O) groups is 1. The fourth-order valence-electron chi connectivity index (χ4n) is 4.71. The maximum atomic E-state index is 12.4. The minimum absolute atomic E-state index is 0.0347. The van der Waals surface area contributed by atoms with Gasteiger partial charge in [0.05, 0.1) is 36.2 Å². The fourth-order valence-corrected chi connectivity index (χ4v) is 5.91. The maximum absolute atomic E-state index is 12.4. The number of rotatable bonds is 5. The summed E-state index contributed by atoms with van der Waals surface area (Å²) in [6.45, 7) is 1.15. The Labute approximate surface area is 160 Å². The number of hydrogen-bond donors (Lipinski definition) is 2. The molecule has 1 aliphatic carbocycles. The van der Waals surface area contributed by atoms with Crippen LogP contribution in [-0.2, 0) is 24.1 Å². The van der Waals surface area contributed by atoms with E-state index >= 15 is 0 Å². The molecule has 5 atom stereocenters. The molecular formula is C18H30N2O6S. The molecule has 3 saturated heterocycles. The summed E-state index contributed by atoms with van der Waals surface area (Å²) in [5.41, 5.74) is 0. The van der Waals surface area contributed by atoms with Crippen molar-refractivity contribution in [1.29, 1.82) is 0 Å². The summed E-state index contributed by atoms with van der Waals surface area (Å²) < 4.78 is 34.9. The van der Waals surface area contributed by atoms with Crippen molar-refractivity contribution in [2.24, 2.45) is 0 Å². The molecule has 0 bridgehead atoms. The van der Waals surface area contributed by atoms with Crippen LogP contribution in [-0.4, -0.2) is 92.0 Å². The minimum Gasteiger partial charge on any atom is -0.388 e. The monoisotopic (exact) mass is 402 g/mol. The molecule has 9 heteroatoms. The topological polar surface area (TPSA) is 105 Å². The van der Waals surface area contributed by atoms with Gasteiger partial charge in [-0.2, -0.15) is 0 Å². The first-order chi connectivity index (χ1) is 12.9.